The summed E-state index contributed by atoms with van der Waals surface area (Å²) in [7, 11) is 0. The number of carbonyl (C=O) groups is 3. The van der Waals surface area contributed by atoms with Crippen LogP contribution in [0.2, 0.25) is 0 Å². The van der Waals surface area contributed by atoms with E-state index in [0.29, 0.717) is 6.54 Å². The van der Waals surface area contributed by atoms with E-state index >= 15 is 0 Å². The highest BCUT2D eigenvalue weighted by molar-refractivity contribution is 5.90. The molecule has 0 heterocycles. The van der Waals surface area contributed by atoms with Crippen molar-refractivity contribution in [1.82, 2.24) is 15.5 Å². The zero-order chi connectivity index (χ0) is 23.8. The zero-order valence-electron chi connectivity index (χ0n) is 20.3. The lowest BCUT2D eigenvalue weighted by Gasteiger charge is -2.32. The molecule has 0 aliphatic rings. The highest BCUT2D eigenvalue weighted by Crippen LogP contribution is 2.26. The van der Waals surface area contributed by atoms with Crippen molar-refractivity contribution in [3.05, 3.63) is 34.9 Å². The molecule has 7 heteroatoms. The Morgan fingerprint density at radius 3 is 2.29 bits per heavy atom. The molecular weight excluding hydrogens is 394 g/mol. The topological polar surface area (TPSA) is 87.7 Å². The minimum absolute atomic E-state index is 0.000508. The van der Waals surface area contributed by atoms with E-state index in [9.17, 15) is 14.4 Å². The third-order valence-corrected chi connectivity index (χ3v) is 4.83. The molecule has 31 heavy (non-hydrogen) atoms. The van der Waals surface area contributed by atoms with Gasteiger partial charge in [0.05, 0.1) is 0 Å². The summed E-state index contributed by atoms with van der Waals surface area (Å²) in [6.45, 7) is 15.1. The monoisotopic (exact) mass is 433 g/mol. The quantitative estimate of drug-likeness (QED) is 0.616. The normalized spacial score (nSPS) is 13.2. The van der Waals surface area contributed by atoms with Crippen LogP contribution in [0.3, 0.4) is 0 Å². The Morgan fingerprint density at radius 1 is 1.13 bits per heavy atom. The van der Waals surface area contributed by atoms with Crippen LogP contribution in [-0.4, -0.2) is 47.5 Å². The molecular formula is C24H39N3O4. The van der Waals surface area contributed by atoms with Gasteiger partial charge in [-0.2, -0.15) is 0 Å². The fourth-order valence-electron chi connectivity index (χ4n) is 3.48. The Kier molecular flexibility index (Phi) is 10.0. The Hall–Kier alpha value is -2.57. The number of benzene rings is 1. The third kappa shape index (κ3) is 8.59. The SMILES string of the molecule is CCCC(C)NC(=O)C(c1ccc(C)cc1C)N(CC)C(=O)CNC(=O)OC(C)(C)C. The predicted molar refractivity (Wildman–Crippen MR) is 123 cm³/mol. The molecule has 0 aliphatic heterocycles. The number of rotatable bonds is 9. The van der Waals surface area contributed by atoms with Gasteiger partial charge in [-0.25, -0.2) is 4.79 Å². The fraction of sp³-hybridized carbons (Fsp3) is 0.625. The van der Waals surface area contributed by atoms with Crippen molar-refractivity contribution in [3.63, 3.8) is 0 Å². The van der Waals surface area contributed by atoms with E-state index in [0.717, 1.165) is 29.5 Å². The number of ether oxygens (including phenoxy) is 1. The first kappa shape index (κ1) is 26.5. The number of carbonyl (C=O) groups excluding carboxylic acids is 3. The number of amides is 3. The molecule has 0 spiro atoms. The molecule has 174 valence electrons. The number of aryl methyl sites for hydroxylation is 2. The second kappa shape index (κ2) is 11.7. The van der Waals surface area contributed by atoms with Gasteiger partial charge in [0.1, 0.15) is 18.2 Å². The van der Waals surface area contributed by atoms with Crippen LogP contribution in [0.15, 0.2) is 18.2 Å². The van der Waals surface area contributed by atoms with Crippen LogP contribution in [0.1, 0.15) is 77.1 Å². The summed E-state index contributed by atoms with van der Waals surface area (Å²) >= 11 is 0. The molecule has 0 saturated heterocycles. The highest BCUT2D eigenvalue weighted by Gasteiger charge is 2.32. The van der Waals surface area contributed by atoms with E-state index in [1.165, 1.54) is 4.90 Å². The van der Waals surface area contributed by atoms with E-state index in [4.69, 9.17) is 4.74 Å². The molecule has 7 nitrogen and oxygen atoms in total. The van der Waals surface area contributed by atoms with Crippen LogP contribution in [0.4, 0.5) is 4.79 Å². The fourth-order valence-corrected chi connectivity index (χ4v) is 3.48. The van der Waals surface area contributed by atoms with Crippen LogP contribution >= 0.6 is 0 Å². The first-order valence-electron chi connectivity index (χ1n) is 11.0. The minimum atomic E-state index is -0.780. The van der Waals surface area contributed by atoms with Crippen molar-refractivity contribution < 1.29 is 19.1 Å². The van der Waals surface area contributed by atoms with Crippen LogP contribution in [0, 0.1) is 13.8 Å². The first-order valence-corrected chi connectivity index (χ1v) is 11.0. The largest absolute Gasteiger partial charge is 0.444 e. The molecule has 0 radical (unpaired) electrons. The van der Waals surface area contributed by atoms with E-state index in [1.807, 2.05) is 45.9 Å². The van der Waals surface area contributed by atoms with Gasteiger partial charge < -0.3 is 20.3 Å². The van der Waals surface area contributed by atoms with Crippen molar-refractivity contribution in [3.8, 4) is 0 Å². The highest BCUT2D eigenvalue weighted by atomic mass is 16.6. The summed E-state index contributed by atoms with van der Waals surface area (Å²) in [6.07, 6.45) is 1.14. The molecule has 1 aromatic carbocycles. The summed E-state index contributed by atoms with van der Waals surface area (Å²) in [5.41, 5.74) is 2.14. The lowest BCUT2D eigenvalue weighted by molar-refractivity contribution is -0.140. The number of hydrogen-bond donors (Lipinski definition) is 2. The number of hydrogen-bond acceptors (Lipinski definition) is 4. The molecule has 2 unspecified atom stereocenters. The molecule has 1 rings (SSSR count). The molecule has 0 aliphatic carbocycles. The maximum absolute atomic E-state index is 13.3. The average Bonchev–Trinajstić information content (AvgIpc) is 2.63. The maximum atomic E-state index is 13.3. The number of nitrogens with one attached hydrogen (secondary N) is 2. The molecule has 1 aromatic rings. The van der Waals surface area contributed by atoms with Gasteiger partial charge >= 0.3 is 6.09 Å². The van der Waals surface area contributed by atoms with Gasteiger partial charge in [-0.1, -0.05) is 37.1 Å². The number of nitrogens with zero attached hydrogens (tertiary/aromatic N) is 1. The number of likely N-dealkylation sites (N-methyl/N-ethyl adjacent to an activating group) is 1. The van der Waals surface area contributed by atoms with E-state index < -0.39 is 17.7 Å². The zero-order valence-corrected chi connectivity index (χ0v) is 20.3. The van der Waals surface area contributed by atoms with Gasteiger partial charge in [-0.05, 0) is 66.0 Å². The van der Waals surface area contributed by atoms with E-state index in [2.05, 4.69) is 17.6 Å². The van der Waals surface area contributed by atoms with Crippen LogP contribution in [0.25, 0.3) is 0 Å². The lowest BCUT2D eigenvalue weighted by Crippen LogP contribution is -2.49. The van der Waals surface area contributed by atoms with Gasteiger partial charge in [-0.15, -0.1) is 0 Å². The van der Waals surface area contributed by atoms with Crippen LogP contribution < -0.4 is 10.6 Å². The van der Waals surface area contributed by atoms with Crippen molar-refractivity contribution in [2.24, 2.45) is 0 Å². The Bertz CT molecular complexity index is 771. The summed E-state index contributed by atoms with van der Waals surface area (Å²) in [5, 5.41) is 5.54. The second-order valence-corrected chi connectivity index (χ2v) is 9.00. The summed E-state index contributed by atoms with van der Waals surface area (Å²) < 4.78 is 5.21. The van der Waals surface area contributed by atoms with Gasteiger partial charge in [0, 0.05) is 12.6 Å². The standard InChI is InChI=1S/C24H39N3O4/c1-9-11-18(5)26-22(29)21(19-13-12-16(3)14-17(19)4)27(10-2)20(28)15-25-23(30)31-24(6,7)8/h12-14,18,21H,9-11,15H2,1-8H3,(H,25,30)(H,26,29). The summed E-state index contributed by atoms with van der Waals surface area (Å²) in [6, 6.07) is 5.06. The van der Waals surface area contributed by atoms with Gasteiger partial charge in [-0.3, -0.25) is 9.59 Å². The first-order chi connectivity index (χ1) is 14.4. The van der Waals surface area contributed by atoms with E-state index in [-0.39, 0.29) is 24.4 Å². The molecule has 0 fully saturated rings. The predicted octanol–water partition coefficient (Wildman–Crippen LogP) is 4.02. The lowest BCUT2D eigenvalue weighted by atomic mass is 9.96. The van der Waals surface area contributed by atoms with Crippen molar-refractivity contribution >= 4 is 17.9 Å². The van der Waals surface area contributed by atoms with Crippen molar-refractivity contribution in [2.75, 3.05) is 13.1 Å². The van der Waals surface area contributed by atoms with E-state index in [1.54, 1.807) is 20.8 Å². The van der Waals surface area contributed by atoms with Crippen molar-refractivity contribution in [1.29, 1.82) is 0 Å². The minimum Gasteiger partial charge on any atom is -0.444 e. The maximum Gasteiger partial charge on any atom is 0.408 e. The number of alkyl carbamates (subject to hydrolysis) is 1. The molecule has 0 bridgehead atoms. The summed E-state index contributed by atoms with van der Waals surface area (Å²) in [5.74, 6) is -0.572. The molecule has 2 atom stereocenters. The second-order valence-electron chi connectivity index (χ2n) is 9.00. The molecule has 2 N–H and O–H groups in total. The van der Waals surface area contributed by atoms with Gasteiger partial charge in [0.25, 0.3) is 0 Å². The molecule has 3 amide bonds. The van der Waals surface area contributed by atoms with Crippen molar-refractivity contribution in [2.45, 2.75) is 85.9 Å². The summed E-state index contributed by atoms with van der Waals surface area (Å²) in [4.78, 5) is 39.8. The van der Waals surface area contributed by atoms with Crippen LogP contribution in [0.5, 0.6) is 0 Å². The van der Waals surface area contributed by atoms with Gasteiger partial charge in [0.2, 0.25) is 11.8 Å². The Labute approximate surface area is 186 Å². The third-order valence-electron chi connectivity index (χ3n) is 4.83. The Morgan fingerprint density at radius 2 is 1.77 bits per heavy atom. The molecule has 0 aromatic heterocycles. The Balaban J connectivity index is 3.14. The smallest absolute Gasteiger partial charge is 0.408 e. The average molecular weight is 434 g/mol. The van der Waals surface area contributed by atoms with Gasteiger partial charge in [0.15, 0.2) is 0 Å². The van der Waals surface area contributed by atoms with Crippen LogP contribution in [-0.2, 0) is 14.3 Å². The molecule has 0 saturated carbocycles.